The number of aliphatic carboxylic acids is 1. The van der Waals surface area contributed by atoms with Crippen LogP contribution in [-0.4, -0.2) is 35.4 Å². The van der Waals surface area contributed by atoms with Gasteiger partial charge in [-0.1, -0.05) is 48.4 Å². The summed E-state index contributed by atoms with van der Waals surface area (Å²) < 4.78 is 11.1. The highest BCUT2D eigenvalue weighted by Gasteiger charge is 2.19. The van der Waals surface area contributed by atoms with E-state index < -0.39 is 17.7 Å². The first kappa shape index (κ1) is 28.5. The third kappa shape index (κ3) is 12.9. The molecule has 1 aromatic carbocycles. The Balaban J connectivity index is 0.000000684. The zero-order chi connectivity index (χ0) is 21.7. The molecule has 0 bridgehead atoms. The van der Waals surface area contributed by atoms with Crippen LogP contribution in [0.3, 0.4) is 0 Å². The van der Waals surface area contributed by atoms with Gasteiger partial charge in [0.1, 0.15) is 6.04 Å². The number of thioether (sulfide) groups is 1. The monoisotopic (exact) mass is 507 g/mol. The molecule has 5 nitrogen and oxygen atoms in total. The molecule has 0 radical (unpaired) electrons. The first-order chi connectivity index (χ1) is 13.0. The summed E-state index contributed by atoms with van der Waals surface area (Å²) in [7, 11) is 0. The quantitative estimate of drug-likeness (QED) is 0.199. The summed E-state index contributed by atoms with van der Waals surface area (Å²) in [6.45, 7) is 8.86. The van der Waals surface area contributed by atoms with E-state index in [0.29, 0.717) is 35.6 Å². The van der Waals surface area contributed by atoms with Gasteiger partial charge < -0.3 is 19.9 Å². The van der Waals surface area contributed by atoms with Gasteiger partial charge in [0.15, 0.2) is 0 Å². The van der Waals surface area contributed by atoms with Gasteiger partial charge >= 0.3 is 5.97 Å². The van der Waals surface area contributed by atoms with Crippen LogP contribution in [0.4, 0.5) is 0 Å². The highest BCUT2D eigenvalue weighted by Crippen LogP contribution is 2.62. The molecule has 28 heavy (non-hydrogen) atoms. The third-order valence-electron chi connectivity index (χ3n) is 2.94. The van der Waals surface area contributed by atoms with Crippen LogP contribution in [0.2, 0.25) is 10.0 Å². The molecule has 0 amide bonds. The van der Waals surface area contributed by atoms with Gasteiger partial charge in [-0.2, -0.15) is 0 Å². The average Bonchev–Trinajstić information content (AvgIpc) is 2.58. The Morgan fingerprint density at radius 1 is 1.29 bits per heavy atom. The first-order valence-corrected chi connectivity index (χ1v) is 14.6. The predicted molar refractivity (Wildman–Crippen MR) is 127 cm³/mol. The maximum Gasteiger partial charge on any atom is 0.320 e. The Hall–Kier alpha value is 0.500. The molecule has 0 aliphatic rings. The Bertz CT molecular complexity index is 643. The largest absolute Gasteiger partial charge is 0.480 e. The minimum Gasteiger partial charge on any atom is -0.480 e. The van der Waals surface area contributed by atoms with Crippen molar-refractivity contribution in [2.45, 2.75) is 45.1 Å². The summed E-state index contributed by atoms with van der Waals surface area (Å²) in [5, 5.41) is 10.4. The van der Waals surface area contributed by atoms with Gasteiger partial charge in [-0.25, -0.2) is 0 Å². The Morgan fingerprint density at radius 3 is 2.29 bits per heavy atom. The molecule has 0 spiro atoms. The van der Waals surface area contributed by atoms with Crippen LogP contribution in [-0.2, 0) is 25.6 Å². The van der Waals surface area contributed by atoms with E-state index >= 15 is 0 Å². The lowest BCUT2D eigenvalue weighted by Gasteiger charge is -2.19. The summed E-state index contributed by atoms with van der Waals surface area (Å²) in [4.78, 5) is 11.1. The van der Waals surface area contributed by atoms with Crippen molar-refractivity contribution in [3.05, 3.63) is 28.2 Å². The van der Waals surface area contributed by atoms with Crippen molar-refractivity contribution in [1.29, 1.82) is 0 Å². The third-order valence-corrected chi connectivity index (χ3v) is 10.7. The topological polar surface area (TPSA) is 81.8 Å². The molecule has 1 atom stereocenters. The van der Waals surface area contributed by atoms with Gasteiger partial charge in [0, 0.05) is 9.92 Å². The van der Waals surface area contributed by atoms with Crippen molar-refractivity contribution in [1.82, 2.24) is 0 Å². The summed E-state index contributed by atoms with van der Waals surface area (Å²) >= 11 is 20.6. The van der Waals surface area contributed by atoms with Crippen molar-refractivity contribution in [2.75, 3.05) is 18.3 Å². The highest BCUT2D eigenvalue weighted by atomic mass is 35.5. The van der Waals surface area contributed by atoms with Gasteiger partial charge in [0.05, 0.1) is 23.3 Å². The molecule has 0 aliphatic carbocycles. The van der Waals surface area contributed by atoms with E-state index in [4.69, 9.17) is 54.9 Å². The second kappa shape index (κ2) is 15.3. The fourth-order valence-electron chi connectivity index (χ4n) is 1.78. The second-order valence-corrected chi connectivity index (χ2v) is 14.4. The summed E-state index contributed by atoms with van der Waals surface area (Å²) in [6.07, 6.45) is 0.551. The molecule has 1 rings (SSSR count). The van der Waals surface area contributed by atoms with E-state index in [1.807, 2.05) is 33.8 Å². The number of carboxylic acid groups (broad SMARTS) is 1. The zero-order valence-corrected chi connectivity index (χ0v) is 21.2. The molecule has 1 unspecified atom stereocenters. The molecule has 3 N–H and O–H groups in total. The average molecular weight is 508 g/mol. The van der Waals surface area contributed by atoms with E-state index in [0.717, 1.165) is 9.98 Å². The Kier molecular flexibility index (Phi) is 15.6. The molecule has 0 fully saturated rings. The molecule has 11 heteroatoms. The molecule has 0 heterocycles. The van der Waals surface area contributed by atoms with Gasteiger partial charge in [-0.05, 0) is 56.2 Å². The number of benzene rings is 1. The van der Waals surface area contributed by atoms with Gasteiger partial charge in [-0.3, -0.25) is 4.79 Å². The van der Waals surface area contributed by atoms with Crippen molar-refractivity contribution in [2.24, 2.45) is 11.7 Å². The molecular weight excluding hydrogens is 480 g/mol. The number of carboxylic acids is 1. The molecule has 0 aliphatic heterocycles. The molecule has 0 aromatic heterocycles. The van der Waals surface area contributed by atoms with E-state index in [-0.39, 0.29) is 0 Å². The van der Waals surface area contributed by atoms with Crippen molar-refractivity contribution < 1.29 is 18.9 Å². The van der Waals surface area contributed by atoms with Crippen molar-refractivity contribution >= 4 is 69.8 Å². The van der Waals surface area contributed by atoms with E-state index in [1.165, 1.54) is 11.4 Å². The molecular formula is C17H28Cl2NO4PS3. The first-order valence-electron chi connectivity index (χ1n) is 8.64. The van der Waals surface area contributed by atoms with E-state index in [2.05, 4.69) is 0 Å². The normalized spacial score (nSPS) is 12.4. The number of hydrogen-bond donors (Lipinski definition) is 2. The maximum absolute atomic E-state index is 10.1. The van der Waals surface area contributed by atoms with Crippen LogP contribution in [0.5, 0.6) is 0 Å². The van der Waals surface area contributed by atoms with Crippen LogP contribution >= 0.6 is 52.0 Å². The van der Waals surface area contributed by atoms with E-state index in [9.17, 15) is 4.79 Å². The molecule has 1 aromatic rings. The van der Waals surface area contributed by atoms with Crippen LogP contribution in [0.25, 0.3) is 0 Å². The van der Waals surface area contributed by atoms with Gasteiger partial charge in [0.25, 0.3) is 0 Å². The number of halogens is 2. The highest BCUT2D eigenvalue weighted by molar-refractivity contribution is 8.69. The smallest absolute Gasteiger partial charge is 0.320 e. The fourth-order valence-corrected chi connectivity index (χ4v) is 9.31. The number of carbonyl (C=O) groups is 1. The number of hydrogen-bond acceptors (Lipinski definition) is 7. The lowest BCUT2D eigenvalue weighted by molar-refractivity contribution is -0.138. The zero-order valence-electron chi connectivity index (χ0n) is 16.4. The minimum atomic E-state index is -2.23. The predicted octanol–water partition coefficient (Wildman–Crippen LogP) is 6.52. The standard InChI is InChI=1S/C11H15Cl2O2PS3.C6H13NO2/c1-3-14-16(17,15-4-2)19-8-18-11-7-9(12)5-6-10(11)13;1-4(2)3-5(7)6(8)9/h5-7H,3-4,8H2,1-2H3;4-5H,3,7H2,1-2H3,(H,8,9). The Labute approximate surface area is 191 Å². The number of nitrogens with two attached hydrogens (primary N) is 1. The van der Waals surface area contributed by atoms with Crippen LogP contribution in [0.1, 0.15) is 34.1 Å². The second-order valence-electron chi connectivity index (χ2n) is 5.82. The van der Waals surface area contributed by atoms with Crippen LogP contribution in [0, 0.1) is 5.92 Å². The van der Waals surface area contributed by atoms with E-state index in [1.54, 1.807) is 23.9 Å². The fraction of sp³-hybridized carbons (Fsp3) is 0.588. The summed E-state index contributed by atoms with van der Waals surface area (Å²) in [5.74, 6) is -0.556. The minimum absolute atomic E-state index is 0.357. The maximum atomic E-state index is 10.1. The molecule has 162 valence electrons. The Morgan fingerprint density at radius 2 is 1.86 bits per heavy atom. The number of rotatable bonds is 11. The lowest BCUT2D eigenvalue weighted by atomic mass is 10.1. The SMILES string of the molecule is CC(C)CC(N)C(=O)O.CCOP(=S)(OCC)SCSc1cc(Cl)ccc1Cl. The van der Waals surface area contributed by atoms with Crippen molar-refractivity contribution in [3.8, 4) is 0 Å². The summed E-state index contributed by atoms with van der Waals surface area (Å²) in [5.41, 5.74) is 2.99. The van der Waals surface area contributed by atoms with Gasteiger partial charge in [0.2, 0.25) is 5.69 Å². The lowest BCUT2D eigenvalue weighted by Crippen LogP contribution is -2.31. The van der Waals surface area contributed by atoms with Crippen LogP contribution in [0.15, 0.2) is 23.1 Å². The van der Waals surface area contributed by atoms with Gasteiger partial charge in [-0.15, -0.1) is 11.8 Å². The molecule has 0 saturated carbocycles. The van der Waals surface area contributed by atoms with Crippen LogP contribution < -0.4 is 5.73 Å². The molecule has 0 saturated heterocycles. The summed E-state index contributed by atoms with van der Waals surface area (Å²) in [6, 6.07) is 4.72. The van der Waals surface area contributed by atoms with Crippen molar-refractivity contribution in [3.63, 3.8) is 0 Å².